The van der Waals surface area contributed by atoms with Crippen molar-refractivity contribution in [3.8, 4) is 0 Å². The van der Waals surface area contributed by atoms with Crippen LogP contribution in [0.2, 0.25) is 0 Å². The van der Waals surface area contributed by atoms with Crippen LogP contribution < -0.4 is 10.6 Å². The van der Waals surface area contributed by atoms with Gasteiger partial charge in [0.15, 0.2) is 0 Å². The second-order valence-electron chi connectivity index (χ2n) is 6.12. The summed E-state index contributed by atoms with van der Waals surface area (Å²) in [6, 6.07) is 6.98. The molecule has 0 saturated carbocycles. The minimum Gasteiger partial charge on any atom is -0.385 e. The molecule has 1 aromatic carbocycles. The molecule has 0 radical (unpaired) electrons. The molecule has 3 rings (SSSR count). The van der Waals surface area contributed by atoms with Gasteiger partial charge in [0.05, 0.1) is 0 Å². The number of piperidine rings is 1. The van der Waals surface area contributed by atoms with Crippen LogP contribution in [-0.2, 0) is 12.8 Å². The van der Waals surface area contributed by atoms with E-state index in [0.717, 1.165) is 12.5 Å². The lowest BCUT2D eigenvalue weighted by Gasteiger charge is -2.23. The summed E-state index contributed by atoms with van der Waals surface area (Å²) in [5.74, 6) is 0.874. The van der Waals surface area contributed by atoms with Crippen LogP contribution in [0.15, 0.2) is 18.2 Å². The van der Waals surface area contributed by atoms with Gasteiger partial charge in [0.2, 0.25) is 0 Å². The van der Waals surface area contributed by atoms with Crippen LogP contribution >= 0.6 is 0 Å². The smallest absolute Gasteiger partial charge is 0.0343 e. The highest BCUT2D eigenvalue weighted by Crippen LogP contribution is 2.24. The Bertz CT molecular complexity index is 408. The van der Waals surface area contributed by atoms with Gasteiger partial charge in [-0.05, 0) is 87.2 Å². The molecule has 2 nitrogen and oxygen atoms in total. The Labute approximate surface area is 117 Å². The fourth-order valence-electron chi connectivity index (χ4n) is 3.43. The fourth-order valence-corrected chi connectivity index (χ4v) is 3.43. The molecule has 1 unspecified atom stereocenters. The number of hydrogen-bond acceptors (Lipinski definition) is 2. The van der Waals surface area contributed by atoms with Crippen molar-refractivity contribution in [2.24, 2.45) is 5.92 Å². The largest absolute Gasteiger partial charge is 0.385 e. The fraction of sp³-hybridized carbons (Fsp3) is 0.647. The van der Waals surface area contributed by atoms with E-state index in [1.54, 1.807) is 11.1 Å². The van der Waals surface area contributed by atoms with Gasteiger partial charge in [0.25, 0.3) is 0 Å². The van der Waals surface area contributed by atoms with E-state index in [-0.39, 0.29) is 0 Å². The van der Waals surface area contributed by atoms with Crippen molar-refractivity contribution in [2.45, 2.75) is 44.9 Å². The summed E-state index contributed by atoms with van der Waals surface area (Å²) in [5, 5.41) is 7.11. The quantitative estimate of drug-likeness (QED) is 0.865. The summed E-state index contributed by atoms with van der Waals surface area (Å²) >= 11 is 0. The second-order valence-corrected chi connectivity index (χ2v) is 6.12. The first kappa shape index (κ1) is 13.0. The van der Waals surface area contributed by atoms with Crippen LogP contribution in [0.5, 0.6) is 0 Å². The topological polar surface area (TPSA) is 24.1 Å². The summed E-state index contributed by atoms with van der Waals surface area (Å²) in [6.07, 6.45) is 9.34. The van der Waals surface area contributed by atoms with E-state index in [1.807, 2.05) is 0 Å². The van der Waals surface area contributed by atoms with Crippen molar-refractivity contribution >= 4 is 5.69 Å². The predicted octanol–water partition coefficient (Wildman–Crippen LogP) is 3.37. The Morgan fingerprint density at radius 1 is 1.11 bits per heavy atom. The van der Waals surface area contributed by atoms with Crippen molar-refractivity contribution in [2.75, 3.05) is 25.0 Å². The molecule has 1 heterocycles. The van der Waals surface area contributed by atoms with E-state index >= 15 is 0 Å². The normalized spacial score (nSPS) is 22.8. The minimum absolute atomic E-state index is 0.874. The summed E-state index contributed by atoms with van der Waals surface area (Å²) in [6.45, 7) is 3.55. The molecule has 2 heteroatoms. The first-order valence-electron chi connectivity index (χ1n) is 7.98. The van der Waals surface area contributed by atoms with Gasteiger partial charge in [-0.15, -0.1) is 0 Å². The summed E-state index contributed by atoms with van der Waals surface area (Å²) in [5.41, 5.74) is 4.48. The average Bonchev–Trinajstić information content (AvgIpc) is 2.48. The second kappa shape index (κ2) is 6.42. The summed E-state index contributed by atoms with van der Waals surface area (Å²) in [7, 11) is 0. The van der Waals surface area contributed by atoms with Crippen LogP contribution in [0.1, 0.15) is 43.2 Å². The number of fused-ring (bicyclic) bond motifs is 1. The van der Waals surface area contributed by atoms with Gasteiger partial charge in [-0.25, -0.2) is 0 Å². The molecule has 0 spiro atoms. The monoisotopic (exact) mass is 258 g/mol. The Balaban J connectivity index is 1.49. The highest BCUT2D eigenvalue weighted by atomic mass is 14.9. The van der Waals surface area contributed by atoms with E-state index in [1.165, 1.54) is 63.7 Å². The number of aryl methyl sites for hydroxylation is 2. The van der Waals surface area contributed by atoms with Crippen molar-refractivity contribution in [1.29, 1.82) is 0 Å². The van der Waals surface area contributed by atoms with Gasteiger partial charge in [0.1, 0.15) is 0 Å². The van der Waals surface area contributed by atoms with Gasteiger partial charge in [0, 0.05) is 12.2 Å². The number of anilines is 1. The zero-order valence-corrected chi connectivity index (χ0v) is 11.9. The lowest BCUT2D eigenvalue weighted by molar-refractivity contribution is 0.364. The highest BCUT2D eigenvalue weighted by molar-refractivity contribution is 5.49. The van der Waals surface area contributed by atoms with E-state index in [2.05, 4.69) is 28.8 Å². The molecule has 2 aliphatic rings. The van der Waals surface area contributed by atoms with E-state index in [0.29, 0.717) is 0 Å². The Kier molecular flexibility index (Phi) is 4.39. The van der Waals surface area contributed by atoms with Crippen molar-refractivity contribution in [3.63, 3.8) is 0 Å². The van der Waals surface area contributed by atoms with E-state index < -0.39 is 0 Å². The first-order valence-corrected chi connectivity index (χ1v) is 7.98. The molecule has 19 heavy (non-hydrogen) atoms. The molecule has 1 aliphatic heterocycles. The van der Waals surface area contributed by atoms with Gasteiger partial charge in [-0.1, -0.05) is 6.07 Å². The van der Waals surface area contributed by atoms with Crippen LogP contribution in [0.3, 0.4) is 0 Å². The van der Waals surface area contributed by atoms with Crippen LogP contribution in [0, 0.1) is 5.92 Å². The molecular weight excluding hydrogens is 232 g/mol. The molecular formula is C17H26N2. The predicted molar refractivity (Wildman–Crippen MR) is 81.8 cm³/mol. The maximum atomic E-state index is 3.61. The van der Waals surface area contributed by atoms with Crippen LogP contribution in [0.4, 0.5) is 5.69 Å². The summed E-state index contributed by atoms with van der Waals surface area (Å²) in [4.78, 5) is 0. The van der Waals surface area contributed by atoms with Gasteiger partial charge < -0.3 is 10.6 Å². The molecule has 1 atom stereocenters. The lowest BCUT2D eigenvalue weighted by atomic mass is 9.91. The molecule has 1 aliphatic carbocycles. The molecule has 104 valence electrons. The van der Waals surface area contributed by atoms with Gasteiger partial charge >= 0.3 is 0 Å². The Morgan fingerprint density at radius 2 is 2.00 bits per heavy atom. The van der Waals surface area contributed by atoms with Crippen LogP contribution in [-0.4, -0.2) is 19.6 Å². The molecule has 0 bridgehead atoms. The number of hydrogen-bond donors (Lipinski definition) is 2. The highest BCUT2D eigenvalue weighted by Gasteiger charge is 2.12. The Morgan fingerprint density at radius 3 is 2.84 bits per heavy atom. The van der Waals surface area contributed by atoms with Crippen molar-refractivity contribution in [3.05, 3.63) is 29.3 Å². The number of nitrogens with one attached hydrogen (secondary N) is 2. The third-order valence-corrected chi connectivity index (χ3v) is 4.63. The zero-order chi connectivity index (χ0) is 12.9. The molecule has 0 amide bonds. The van der Waals surface area contributed by atoms with Crippen molar-refractivity contribution < 1.29 is 0 Å². The van der Waals surface area contributed by atoms with Crippen molar-refractivity contribution in [1.82, 2.24) is 5.32 Å². The zero-order valence-electron chi connectivity index (χ0n) is 11.9. The third-order valence-electron chi connectivity index (χ3n) is 4.63. The first-order chi connectivity index (χ1) is 9.42. The van der Waals surface area contributed by atoms with Gasteiger partial charge in [-0.3, -0.25) is 0 Å². The molecule has 1 saturated heterocycles. The lowest BCUT2D eigenvalue weighted by Crippen LogP contribution is -2.30. The average molecular weight is 258 g/mol. The Hall–Kier alpha value is -1.02. The van der Waals surface area contributed by atoms with Gasteiger partial charge in [-0.2, -0.15) is 0 Å². The minimum atomic E-state index is 0.874. The molecule has 0 aromatic heterocycles. The molecule has 2 N–H and O–H groups in total. The molecule has 1 aromatic rings. The number of benzene rings is 1. The van der Waals surface area contributed by atoms with Crippen LogP contribution in [0.25, 0.3) is 0 Å². The van der Waals surface area contributed by atoms with E-state index in [4.69, 9.17) is 0 Å². The maximum absolute atomic E-state index is 3.61. The van der Waals surface area contributed by atoms with E-state index in [9.17, 15) is 0 Å². The molecule has 1 fully saturated rings. The third kappa shape index (κ3) is 3.50. The SMILES string of the molecule is c1cc2c(cc1NCCC1CCCNC1)CCCC2. The summed E-state index contributed by atoms with van der Waals surface area (Å²) < 4.78 is 0. The maximum Gasteiger partial charge on any atom is 0.0343 e. The number of rotatable bonds is 4. The standard InChI is InChI=1S/C17H26N2/c1-2-6-16-12-17(8-7-15(16)5-1)19-11-9-14-4-3-10-18-13-14/h7-8,12,14,18-19H,1-6,9-11,13H2.